The molecule has 1 saturated carbocycles. The van der Waals surface area contributed by atoms with Crippen molar-refractivity contribution < 1.29 is 8.81 Å². The van der Waals surface area contributed by atoms with Crippen molar-refractivity contribution >= 4 is 23.0 Å². The maximum atomic E-state index is 13.5. The molecule has 1 saturated heterocycles. The minimum atomic E-state index is -0.323. The monoisotopic (exact) mass is 432 g/mol. The number of amidine groups is 1. The molecule has 3 heterocycles. The van der Waals surface area contributed by atoms with E-state index in [0.29, 0.717) is 24.1 Å². The van der Waals surface area contributed by atoms with Crippen LogP contribution in [0.1, 0.15) is 43.4 Å². The van der Waals surface area contributed by atoms with Crippen molar-refractivity contribution in [2.45, 2.75) is 38.8 Å². The van der Waals surface area contributed by atoms with E-state index >= 15 is 0 Å². The zero-order valence-electron chi connectivity index (χ0n) is 18.0. The van der Waals surface area contributed by atoms with Crippen LogP contribution in [0.4, 0.5) is 4.39 Å². The Balaban J connectivity index is 1.39. The first kappa shape index (κ1) is 19.3. The van der Waals surface area contributed by atoms with Gasteiger partial charge in [0.15, 0.2) is 11.4 Å². The summed E-state index contributed by atoms with van der Waals surface area (Å²) in [5.41, 5.74) is 8.19. The Kier molecular flexibility index (Phi) is 4.28. The first-order chi connectivity index (χ1) is 15.5. The van der Waals surface area contributed by atoms with E-state index in [1.807, 2.05) is 37.3 Å². The van der Waals surface area contributed by atoms with Crippen molar-refractivity contribution in [3.63, 3.8) is 0 Å². The van der Waals surface area contributed by atoms with Crippen molar-refractivity contribution in [1.82, 2.24) is 14.9 Å². The molecule has 7 heteroatoms. The number of benzene rings is 2. The molecule has 2 aliphatic heterocycles. The van der Waals surface area contributed by atoms with Crippen molar-refractivity contribution in [3.8, 4) is 0 Å². The second-order valence-electron chi connectivity index (χ2n) is 9.18. The summed E-state index contributed by atoms with van der Waals surface area (Å²) in [6, 6.07) is 12.8. The summed E-state index contributed by atoms with van der Waals surface area (Å²) in [4.78, 5) is 14.5. The number of hydrazone groups is 1. The third-order valence-corrected chi connectivity index (χ3v) is 7.04. The maximum absolute atomic E-state index is 13.5. The van der Waals surface area contributed by atoms with Crippen molar-refractivity contribution in [2.75, 3.05) is 13.1 Å². The molecular formula is C25H25FN4O2. The first-order valence-corrected chi connectivity index (χ1v) is 11.2. The molecule has 1 unspecified atom stereocenters. The first-order valence-electron chi connectivity index (χ1n) is 11.2. The van der Waals surface area contributed by atoms with Gasteiger partial charge in [-0.3, -0.25) is 4.57 Å². The van der Waals surface area contributed by atoms with E-state index in [1.165, 1.54) is 30.5 Å². The lowest BCUT2D eigenvalue weighted by atomic mass is 9.86. The highest BCUT2D eigenvalue weighted by Crippen LogP contribution is 2.55. The molecule has 6 nitrogen and oxygen atoms in total. The van der Waals surface area contributed by atoms with Crippen LogP contribution in [0.5, 0.6) is 0 Å². The lowest BCUT2D eigenvalue weighted by molar-refractivity contribution is 0.216. The highest BCUT2D eigenvalue weighted by molar-refractivity contribution is 6.03. The number of hydrogen-bond acceptors (Lipinski definition) is 5. The van der Waals surface area contributed by atoms with Crippen LogP contribution in [0.2, 0.25) is 0 Å². The highest BCUT2D eigenvalue weighted by Gasteiger charge is 2.50. The van der Waals surface area contributed by atoms with Gasteiger partial charge in [-0.15, -0.1) is 0 Å². The molecule has 6 rings (SSSR count). The van der Waals surface area contributed by atoms with Crippen LogP contribution >= 0.6 is 0 Å². The van der Waals surface area contributed by atoms with Crippen molar-refractivity contribution in [2.24, 2.45) is 10.5 Å². The molecule has 1 N–H and O–H groups in total. The topological polar surface area (TPSA) is 62.8 Å². The normalized spacial score (nSPS) is 22.7. The van der Waals surface area contributed by atoms with Gasteiger partial charge in [0.2, 0.25) is 0 Å². The van der Waals surface area contributed by atoms with Crippen LogP contribution in [0.3, 0.4) is 0 Å². The van der Waals surface area contributed by atoms with Crippen LogP contribution in [0.25, 0.3) is 17.2 Å². The Bertz CT molecular complexity index is 1310. The number of aryl methyl sites for hydroxylation is 1. The minimum absolute atomic E-state index is 0.114. The number of hydrogen-bond donors (Lipinski definition) is 1. The number of rotatable bonds is 3. The van der Waals surface area contributed by atoms with E-state index in [9.17, 15) is 9.18 Å². The Morgan fingerprint density at radius 3 is 2.81 bits per heavy atom. The van der Waals surface area contributed by atoms with Crippen molar-refractivity contribution in [3.05, 3.63) is 75.5 Å². The molecule has 0 radical (unpaired) electrons. The molecule has 0 amide bonds. The molecule has 32 heavy (non-hydrogen) atoms. The number of fused-ring (bicyclic) bond motifs is 2. The number of aromatic nitrogens is 1. The van der Waals surface area contributed by atoms with E-state index in [2.05, 4.69) is 21.5 Å². The Labute approximate surface area is 185 Å². The molecule has 0 bridgehead atoms. The standard InChI is InChI=1S/C25H25FN4O2/c1-2-29-20-8-3-16(12-22(20)32-24(29)31)11-18-13-25(9-10-25)15-30-21(14-27-28-23(18)30)17-4-6-19(26)7-5-17/h3-8,11-12,21,27H,2,9-10,13-15H2,1H3/b18-11+. The smallest absolute Gasteiger partial charge is 0.408 e. The number of halogens is 1. The third kappa shape index (κ3) is 3.15. The zero-order chi connectivity index (χ0) is 21.9. The summed E-state index contributed by atoms with van der Waals surface area (Å²) < 4.78 is 20.6. The molecule has 3 aromatic rings. The van der Waals surface area contributed by atoms with E-state index in [4.69, 9.17) is 4.42 Å². The second kappa shape index (κ2) is 7.08. The molecule has 3 aliphatic rings. The van der Waals surface area contributed by atoms with E-state index < -0.39 is 0 Å². The summed E-state index contributed by atoms with van der Waals surface area (Å²) in [5, 5.41) is 4.68. The lowest BCUT2D eigenvalue weighted by Crippen LogP contribution is -2.50. The summed E-state index contributed by atoms with van der Waals surface area (Å²) in [6.45, 7) is 4.18. The molecule has 2 fully saturated rings. The average Bonchev–Trinajstić information content (AvgIpc) is 3.45. The Hall–Kier alpha value is -3.35. The van der Waals surface area contributed by atoms with Crippen LogP contribution in [0.15, 0.2) is 62.4 Å². The van der Waals surface area contributed by atoms with Crippen LogP contribution in [-0.4, -0.2) is 28.4 Å². The molecule has 2 aromatic carbocycles. The summed E-state index contributed by atoms with van der Waals surface area (Å²) in [5.74, 6) is 0.412. The van der Waals surface area contributed by atoms with Gasteiger partial charge in [0, 0.05) is 13.1 Å². The summed E-state index contributed by atoms with van der Waals surface area (Å²) >= 11 is 0. The Morgan fingerprint density at radius 1 is 1.25 bits per heavy atom. The minimum Gasteiger partial charge on any atom is -0.408 e. The highest BCUT2D eigenvalue weighted by atomic mass is 19.1. The summed E-state index contributed by atoms with van der Waals surface area (Å²) in [6.07, 6.45) is 5.58. The van der Waals surface area contributed by atoms with Crippen LogP contribution in [0, 0.1) is 11.2 Å². The zero-order valence-corrected chi connectivity index (χ0v) is 18.0. The maximum Gasteiger partial charge on any atom is 0.419 e. The van der Waals surface area contributed by atoms with Gasteiger partial charge in [0.25, 0.3) is 0 Å². The van der Waals surface area contributed by atoms with Gasteiger partial charge in [0.1, 0.15) is 5.82 Å². The van der Waals surface area contributed by atoms with Gasteiger partial charge in [-0.05, 0) is 78.6 Å². The number of piperidine rings is 1. The lowest BCUT2D eigenvalue weighted by Gasteiger charge is -2.44. The predicted octanol–water partition coefficient (Wildman–Crippen LogP) is 4.28. The van der Waals surface area contributed by atoms with Crippen LogP contribution in [-0.2, 0) is 6.54 Å². The van der Waals surface area contributed by atoms with Gasteiger partial charge < -0.3 is 14.7 Å². The second-order valence-corrected chi connectivity index (χ2v) is 9.18. The molecular weight excluding hydrogens is 407 g/mol. The molecule has 164 valence electrons. The van der Waals surface area contributed by atoms with Gasteiger partial charge in [-0.25, -0.2) is 9.18 Å². The molecule has 1 aromatic heterocycles. The van der Waals surface area contributed by atoms with Gasteiger partial charge in [-0.1, -0.05) is 18.2 Å². The van der Waals surface area contributed by atoms with E-state index in [1.54, 1.807) is 4.57 Å². The molecule has 1 spiro atoms. The van der Waals surface area contributed by atoms with E-state index in [0.717, 1.165) is 35.4 Å². The average molecular weight is 432 g/mol. The fourth-order valence-corrected chi connectivity index (χ4v) is 5.15. The number of nitrogens with zero attached hydrogens (tertiary/aromatic N) is 3. The molecule has 1 aliphatic carbocycles. The van der Waals surface area contributed by atoms with E-state index in [-0.39, 0.29) is 17.6 Å². The van der Waals surface area contributed by atoms with Crippen LogP contribution < -0.4 is 11.2 Å². The van der Waals surface area contributed by atoms with Gasteiger partial charge >= 0.3 is 5.76 Å². The molecule has 1 atom stereocenters. The SMILES string of the molecule is CCn1c(=O)oc2cc(/C=C3\CC4(CC4)CN4C3=NNCC4c3ccc(F)cc3)ccc21. The quantitative estimate of drug-likeness (QED) is 0.671. The Morgan fingerprint density at radius 2 is 2.06 bits per heavy atom. The largest absolute Gasteiger partial charge is 0.419 e. The fraction of sp³-hybridized carbons (Fsp3) is 0.360. The predicted molar refractivity (Wildman–Crippen MR) is 122 cm³/mol. The fourth-order valence-electron chi connectivity index (χ4n) is 5.15. The third-order valence-electron chi connectivity index (χ3n) is 7.04. The number of nitrogens with one attached hydrogen (secondary N) is 1. The van der Waals surface area contributed by atoms with Gasteiger partial charge in [0.05, 0.1) is 18.1 Å². The van der Waals surface area contributed by atoms with Gasteiger partial charge in [-0.2, -0.15) is 5.10 Å². The van der Waals surface area contributed by atoms with Crippen molar-refractivity contribution in [1.29, 1.82) is 0 Å². The summed E-state index contributed by atoms with van der Waals surface area (Å²) in [7, 11) is 0. The number of oxazole rings is 1.